The van der Waals surface area contributed by atoms with Gasteiger partial charge in [0.2, 0.25) is 10.0 Å². The van der Waals surface area contributed by atoms with Gasteiger partial charge in [-0.1, -0.05) is 13.8 Å². The number of phenolic OH excluding ortho intramolecular Hbond substituents is 1. The Morgan fingerprint density at radius 1 is 1.38 bits per heavy atom. The van der Waals surface area contributed by atoms with Gasteiger partial charge in [0.1, 0.15) is 5.75 Å². The Hall–Kier alpha value is -1.40. The Kier molecular flexibility index (Phi) is 3.35. The fourth-order valence-electron chi connectivity index (χ4n) is 1.32. The van der Waals surface area contributed by atoms with Crippen LogP contribution >= 0.6 is 0 Å². The number of aldehydes is 1. The molecule has 0 saturated carbocycles. The highest BCUT2D eigenvalue weighted by Crippen LogP contribution is 2.28. The summed E-state index contributed by atoms with van der Waals surface area (Å²) in [5.74, 6) is -0.350. The number of rotatable bonds is 3. The van der Waals surface area contributed by atoms with Crippen molar-refractivity contribution in [2.45, 2.75) is 24.7 Å². The molecule has 6 heteroatoms. The molecule has 0 spiro atoms. The highest BCUT2D eigenvalue weighted by molar-refractivity contribution is 7.89. The first-order chi connectivity index (χ1) is 7.27. The van der Waals surface area contributed by atoms with Crippen LogP contribution in [-0.4, -0.2) is 19.8 Å². The highest BCUT2D eigenvalue weighted by Gasteiger charge is 2.19. The zero-order chi connectivity index (χ0) is 12.5. The minimum absolute atomic E-state index is 0.0205. The van der Waals surface area contributed by atoms with Crippen molar-refractivity contribution in [2.24, 2.45) is 5.14 Å². The lowest BCUT2D eigenvalue weighted by molar-refractivity contribution is 0.111. The van der Waals surface area contributed by atoms with Crippen LogP contribution in [0.5, 0.6) is 5.75 Å². The number of sulfonamides is 1. The number of hydrogen-bond acceptors (Lipinski definition) is 4. The molecular formula is C10H13NO4S. The van der Waals surface area contributed by atoms with E-state index in [1.165, 1.54) is 12.1 Å². The number of nitrogens with two attached hydrogens (primary N) is 1. The van der Waals surface area contributed by atoms with Crippen LogP contribution in [0.3, 0.4) is 0 Å². The van der Waals surface area contributed by atoms with Gasteiger partial charge >= 0.3 is 0 Å². The molecule has 0 aliphatic rings. The Bertz CT molecular complexity index is 520. The maximum absolute atomic E-state index is 11.2. The largest absolute Gasteiger partial charge is 0.507 e. The quantitative estimate of drug-likeness (QED) is 0.773. The van der Waals surface area contributed by atoms with Crippen LogP contribution in [0.1, 0.15) is 35.7 Å². The zero-order valence-corrected chi connectivity index (χ0v) is 9.78. The molecule has 1 aromatic rings. The highest BCUT2D eigenvalue weighted by atomic mass is 32.2. The minimum Gasteiger partial charge on any atom is -0.507 e. The lowest BCUT2D eigenvalue weighted by atomic mass is 10.0. The fourth-order valence-corrected chi connectivity index (χ4v) is 2.08. The lowest BCUT2D eigenvalue weighted by Crippen LogP contribution is -2.15. The molecular weight excluding hydrogens is 230 g/mol. The molecule has 88 valence electrons. The molecule has 0 aliphatic heterocycles. The molecule has 0 atom stereocenters. The maximum Gasteiger partial charge on any atom is 0.238 e. The van der Waals surface area contributed by atoms with Gasteiger partial charge in [0.15, 0.2) is 6.29 Å². The summed E-state index contributed by atoms with van der Waals surface area (Å²) in [6, 6.07) is 2.67. The second kappa shape index (κ2) is 4.23. The van der Waals surface area contributed by atoms with E-state index >= 15 is 0 Å². The second-order valence-corrected chi connectivity index (χ2v) is 5.30. The molecule has 5 nitrogen and oxygen atoms in total. The number of primary sulfonamides is 1. The van der Waals surface area contributed by atoms with Gasteiger partial charge in [-0.25, -0.2) is 13.6 Å². The lowest BCUT2D eigenvalue weighted by Gasteiger charge is -2.10. The molecule has 0 heterocycles. The monoisotopic (exact) mass is 243 g/mol. The van der Waals surface area contributed by atoms with Crippen LogP contribution in [0.25, 0.3) is 0 Å². The van der Waals surface area contributed by atoms with E-state index in [0.717, 1.165) is 0 Å². The van der Waals surface area contributed by atoms with E-state index in [2.05, 4.69) is 0 Å². The first-order valence-corrected chi connectivity index (χ1v) is 6.17. The summed E-state index contributed by atoms with van der Waals surface area (Å²) in [6.45, 7) is 3.67. The minimum atomic E-state index is -4.02. The van der Waals surface area contributed by atoms with E-state index in [1.807, 2.05) is 13.8 Å². The first kappa shape index (κ1) is 12.7. The Morgan fingerprint density at radius 2 is 1.94 bits per heavy atom. The summed E-state index contributed by atoms with van der Waals surface area (Å²) in [6.07, 6.45) is 0.277. The summed E-state index contributed by atoms with van der Waals surface area (Å²) in [7, 11) is -4.02. The number of hydrogen-bond donors (Lipinski definition) is 2. The number of aromatic hydroxyl groups is 1. The predicted molar refractivity (Wildman–Crippen MR) is 59.0 cm³/mol. The Morgan fingerprint density at radius 3 is 2.31 bits per heavy atom. The number of carbonyl (C=O) groups is 1. The summed E-state index contributed by atoms with van der Waals surface area (Å²) >= 11 is 0. The van der Waals surface area contributed by atoms with Gasteiger partial charge in [-0.3, -0.25) is 4.79 Å². The van der Waals surface area contributed by atoms with E-state index < -0.39 is 10.0 Å². The summed E-state index contributed by atoms with van der Waals surface area (Å²) < 4.78 is 22.5. The maximum atomic E-state index is 11.2. The van der Waals surface area contributed by atoms with Crippen molar-refractivity contribution in [2.75, 3.05) is 0 Å². The summed E-state index contributed by atoms with van der Waals surface area (Å²) in [5, 5.41) is 14.5. The van der Waals surface area contributed by atoms with Crippen molar-refractivity contribution in [3.8, 4) is 5.75 Å². The molecule has 0 aromatic heterocycles. The zero-order valence-electron chi connectivity index (χ0n) is 8.97. The predicted octanol–water partition coefficient (Wildman–Crippen LogP) is 0.976. The van der Waals surface area contributed by atoms with Crippen molar-refractivity contribution in [1.82, 2.24) is 0 Å². The van der Waals surface area contributed by atoms with Crippen molar-refractivity contribution in [1.29, 1.82) is 0 Å². The second-order valence-electron chi connectivity index (χ2n) is 3.77. The molecule has 0 fully saturated rings. The van der Waals surface area contributed by atoms with Crippen LogP contribution in [0.15, 0.2) is 17.0 Å². The van der Waals surface area contributed by atoms with Gasteiger partial charge in [0, 0.05) is 0 Å². The molecule has 0 aliphatic carbocycles. The third-order valence-corrected chi connectivity index (χ3v) is 3.18. The summed E-state index contributed by atoms with van der Waals surface area (Å²) in [4.78, 5) is 10.4. The van der Waals surface area contributed by atoms with E-state index in [1.54, 1.807) is 0 Å². The van der Waals surface area contributed by atoms with Crippen LogP contribution < -0.4 is 5.14 Å². The van der Waals surface area contributed by atoms with Gasteiger partial charge < -0.3 is 5.11 Å². The molecule has 16 heavy (non-hydrogen) atoms. The van der Waals surface area contributed by atoms with Gasteiger partial charge in [-0.2, -0.15) is 0 Å². The van der Waals surface area contributed by atoms with Gasteiger partial charge in [0.25, 0.3) is 0 Å². The van der Waals surface area contributed by atoms with Gasteiger partial charge in [0.05, 0.1) is 10.5 Å². The smallest absolute Gasteiger partial charge is 0.238 e. The topological polar surface area (TPSA) is 97.5 Å². The van der Waals surface area contributed by atoms with Crippen molar-refractivity contribution in [3.05, 3.63) is 23.3 Å². The third-order valence-electron chi connectivity index (χ3n) is 2.23. The average Bonchev–Trinajstić information content (AvgIpc) is 2.14. The molecule has 1 aromatic carbocycles. The summed E-state index contributed by atoms with van der Waals surface area (Å²) in [5.41, 5.74) is 0.305. The SMILES string of the molecule is CC(C)c1cc(O)c(C=O)c(S(N)(=O)=O)c1. The standard InChI is InChI=1S/C10H13NO4S/c1-6(2)7-3-9(13)8(5-12)10(4-7)16(11,14)15/h3-6,13H,1-2H3,(H2,11,14,15). The molecule has 0 radical (unpaired) electrons. The van der Waals surface area contributed by atoms with Gasteiger partial charge in [-0.15, -0.1) is 0 Å². The van der Waals surface area contributed by atoms with E-state index in [4.69, 9.17) is 5.14 Å². The Balaban J connectivity index is 3.62. The Labute approximate surface area is 93.9 Å². The molecule has 0 unspecified atom stereocenters. The normalized spacial score (nSPS) is 11.8. The average molecular weight is 243 g/mol. The molecule has 0 bridgehead atoms. The molecule has 3 N–H and O–H groups in total. The third kappa shape index (κ3) is 2.40. The molecule has 1 rings (SSSR count). The first-order valence-electron chi connectivity index (χ1n) is 4.62. The number of phenols is 1. The van der Waals surface area contributed by atoms with Gasteiger partial charge in [-0.05, 0) is 23.6 Å². The van der Waals surface area contributed by atoms with Crippen molar-refractivity contribution >= 4 is 16.3 Å². The molecule has 0 saturated heterocycles. The number of benzene rings is 1. The molecule has 0 amide bonds. The van der Waals surface area contributed by atoms with Crippen LogP contribution in [0.4, 0.5) is 0 Å². The van der Waals surface area contributed by atoms with Crippen molar-refractivity contribution < 1.29 is 18.3 Å². The van der Waals surface area contributed by atoms with E-state index in [9.17, 15) is 18.3 Å². The van der Waals surface area contributed by atoms with Crippen molar-refractivity contribution in [3.63, 3.8) is 0 Å². The van der Waals surface area contributed by atoms with Crippen LogP contribution in [0.2, 0.25) is 0 Å². The number of carbonyl (C=O) groups excluding carboxylic acids is 1. The fraction of sp³-hybridized carbons (Fsp3) is 0.300. The van der Waals surface area contributed by atoms with Crippen LogP contribution in [-0.2, 0) is 10.0 Å². The van der Waals surface area contributed by atoms with Crippen LogP contribution in [0, 0.1) is 0 Å². The van der Waals surface area contributed by atoms with E-state index in [0.29, 0.717) is 5.56 Å². The van der Waals surface area contributed by atoms with E-state index in [-0.39, 0.29) is 28.4 Å².